The van der Waals surface area contributed by atoms with Crippen LogP contribution in [0.5, 0.6) is 11.5 Å². The van der Waals surface area contributed by atoms with E-state index in [4.69, 9.17) is 14.2 Å². The van der Waals surface area contributed by atoms with Gasteiger partial charge >= 0.3 is 11.9 Å². The quantitative estimate of drug-likeness (QED) is 0.315. The van der Waals surface area contributed by atoms with Crippen LogP contribution >= 0.6 is 0 Å². The summed E-state index contributed by atoms with van der Waals surface area (Å²) < 4.78 is 17.2. The third kappa shape index (κ3) is 6.35. The number of ether oxygens (including phenoxy) is 3. The molecule has 1 unspecified atom stereocenters. The summed E-state index contributed by atoms with van der Waals surface area (Å²) in [5.74, 6) is 0.0215. The Kier molecular flexibility index (Phi) is 8.72. The molecule has 0 bridgehead atoms. The van der Waals surface area contributed by atoms with Gasteiger partial charge in [-0.25, -0.2) is 4.79 Å². The van der Waals surface area contributed by atoms with Gasteiger partial charge in [0.2, 0.25) is 0 Å². The van der Waals surface area contributed by atoms with Gasteiger partial charge in [0.25, 0.3) is 0 Å². The van der Waals surface area contributed by atoms with Gasteiger partial charge in [-0.2, -0.15) is 0 Å². The van der Waals surface area contributed by atoms with Crippen molar-refractivity contribution >= 4 is 11.9 Å². The molecule has 3 atom stereocenters. The van der Waals surface area contributed by atoms with E-state index in [1.807, 2.05) is 31.2 Å². The maximum absolute atomic E-state index is 12.8. The number of carbonyl (C=O) groups is 2. The highest BCUT2D eigenvalue weighted by molar-refractivity contribution is 5.91. The molecule has 0 radical (unpaired) electrons. The molecule has 1 saturated heterocycles. The van der Waals surface area contributed by atoms with Gasteiger partial charge in [0.15, 0.2) is 0 Å². The van der Waals surface area contributed by atoms with Crippen LogP contribution in [-0.2, 0) is 9.53 Å². The molecule has 3 rings (SSSR count). The standard InChI is InChI=1S/C27H34O5/c1-4-6-10-21(9-5-2)31-22-16-14-20(15-17-22)26(28)32-25-12-8-7-11-23(25)24-18-13-19(3)30-27(24)29/h7-8,11-12,14-17,19,21,24H,4-6,9-10,13,18H2,1-3H3/t19-,21?,24+/m0/s1. The third-order valence-corrected chi connectivity index (χ3v) is 5.84. The normalized spacial score (nSPS) is 19.2. The number of unbranched alkanes of at least 4 members (excludes halogenated alkanes) is 1. The van der Waals surface area contributed by atoms with E-state index in [1.54, 1.807) is 24.3 Å². The molecular formula is C27H34O5. The first-order chi connectivity index (χ1) is 15.5. The minimum Gasteiger partial charge on any atom is -0.490 e. The van der Waals surface area contributed by atoms with E-state index in [2.05, 4.69) is 13.8 Å². The van der Waals surface area contributed by atoms with Crippen molar-refractivity contribution in [3.63, 3.8) is 0 Å². The van der Waals surface area contributed by atoms with E-state index in [0.29, 0.717) is 23.3 Å². The van der Waals surface area contributed by atoms with Crippen LogP contribution < -0.4 is 9.47 Å². The first kappa shape index (κ1) is 23.8. The molecule has 2 aromatic rings. The van der Waals surface area contributed by atoms with Gasteiger partial charge < -0.3 is 14.2 Å². The number of carbonyl (C=O) groups excluding carboxylic acids is 2. The lowest BCUT2D eigenvalue weighted by Crippen LogP contribution is -2.28. The molecule has 2 aromatic carbocycles. The van der Waals surface area contributed by atoms with E-state index in [-0.39, 0.29) is 18.2 Å². The smallest absolute Gasteiger partial charge is 0.343 e. The fourth-order valence-corrected chi connectivity index (χ4v) is 4.04. The largest absolute Gasteiger partial charge is 0.490 e. The maximum Gasteiger partial charge on any atom is 0.343 e. The molecule has 32 heavy (non-hydrogen) atoms. The van der Waals surface area contributed by atoms with Crippen LogP contribution in [0.15, 0.2) is 48.5 Å². The monoisotopic (exact) mass is 438 g/mol. The number of benzene rings is 2. The molecule has 0 spiro atoms. The Balaban J connectivity index is 1.67. The van der Waals surface area contributed by atoms with Crippen LogP contribution in [0, 0.1) is 0 Å². The first-order valence-corrected chi connectivity index (χ1v) is 11.8. The van der Waals surface area contributed by atoms with Crippen LogP contribution in [0.2, 0.25) is 0 Å². The van der Waals surface area contributed by atoms with Gasteiger partial charge in [-0.1, -0.05) is 51.3 Å². The van der Waals surface area contributed by atoms with Crippen LogP contribution in [0.25, 0.3) is 0 Å². The molecule has 1 fully saturated rings. The predicted octanol–water partition coefficient (Wildman–Crippen LogP) is 6.45. The van der Waals surface area contributed by atoms with Gasteiger partial charge in [0, 0.05) is 5.56 Å². The van der Waals surface area contributed by atoms with Gasteiger partial charge in [-0.05, 0) is 62.9 Å². The second-order valence-electron chi connectivity index (χ2n) is 8.50. The van der Waals surface area contributed by atoms with E-state index in [9.17, 15) is 9.59 Å². The van der Waals surface area contributed by atoms with Crippen molar-refractivity contribution in [2.24, 2.45) is 0 Å². The SMILES string of the molecule is CCCCC(CCC)Oc1ccc(C(=O)Oc2ccccc2[C@H]2CC[C@H](C)OC2=O)cc1. The fraction of sp³-hybridized carbons (Fsp3) is 0.481. The van der Waals surface area contributed by atoms with Gasteiger partial charge in [-0.3, -0.25) is 4.79 Å². The summed E-state index contributed by atoms with van der Waals surface area (Å²) in [6.07, 6.45) is 7.00. The minimum atomic E-state index is -0.461. The summed E-state index contributed by atoms with van der Waals surface area (Å²) in [4.78, 5) is 25.2. The van der Waals surface area contributed by atoms with Crippen LogP contribution in [0.3, 0.4) is 0 Å². The molecule has 0 amide bonds. The lowest BCUT2D eigenvalue weighted by molar-refractivity contribution is -0.155. The molecule has 5 nitrogen and oxygen atoms in total. The van der Waals surface area contributed by atoms with Crippen molar-refractivity contribution in [3.05, 3.63) is 59.7 Å². The molecule has 0 saturated carbocycles. The molecule has 5 heteroatoms. The highest BCUT2D eigenvalue weighted by Gasteiger charge is 2.31. The van der Waals surface area contributed by atoms with Crippen LogP contribution in [0.1, 0.15) is 87.6 Å². The van der Waals surface area contributed by atoms with Gasteiger partial charge in [0.1, 0.15) is 11.5 Å². The predicted molar refractivity (Wildman–Crippen MR) is 124 cm³/mol. The summed E-state index contributed by atoms with van der Waals surface area (Å²) in [5.41, 5.74) is 1.13. The average Bonchev–Trinajstić information content (AvgIpc) is 2.79. The molecule has 1 heterocycles. The summed E-state index contributed by atoms with van der Waals surface area (Å²) >= 11 is 0. The Morgan fingerprint density at radius 3 is 2.47 bits per heavy atom. The average molecular weight is 439 g/mol. The molecular weight excluding hydrogens is 404 g/mol. The van der Waals surface area contributed by atoms with Crippen molar-refractivity contribution in [2.75, 3.05) is 0 Å². The number of hydrogen-bond acceptors (Lipinski definition) is 5. The zero-order chi connectivity index (χ0) is 22.9. The Bertz CT molecular complexity index is 889. The number of hydrogen-bond donors (Lipinski definition) is 0. The fourth-order valence-electron chi connectivity index (χ4n) is 4.04. The lowest BCUT2D eigenvalue weighted by Gasteiger charge is -2.27. The first-order valence-electron chi connectivity index (χ1n) is 11.8. The highest BCUT2D eigenvalue weighted by Crippen LogP contribution is 2.35. The zero-order valence-electron chi connectivity index (χ0n) is 19.3. The third-order valence-electron chi connectivity index (χ3n) is 5.84. The van der Waals surface area contributed by atoms with Gasteiger partial charge in [-0.15, -0.1) is 0 Å². The van der Waals surface area contributed by atoms with Gasteiger partial charge in [0.05, 0.1) is 23.7 Å². The molecule has 0 N–H and O–H groups in total. The molecule has 0 aromatic heterocycles. The number of cyclic esters (lactones) is 1. The van der Waals surface area contributed by atoms with E-state index >= 15 is 0 Å². The second-order valence-corrected chi connectivity index (χ2v) is 8.50. The van der Waals surface area contributed by atoms with Crippen LogP contribution in [-0.4, -0.2) is 24.1 Å². The maximum atomic E-state index is 12.8. The minimum absolute atomic E-state index is 0.0758. The van der Waals surface area contributed by atoms with Crippen molar-refractivity contribution in [3.8, 4) is 11.5 Å². The van der Waals surface area contributed by atoms with Crippen molar-refractivity contribution in [2.45, 2.75) is 83.8 Å². The Morgan fingerprint density at radius 2 is 1.78 bits per heavy atom. The van der Waals surface area contributed by atoms with E-state index in [1.165, 1.54) is 0 Å². The second kappa shape index (κ2) is 11.7. The number of esters is 2. The lowest BCUT2D eigenvalue weighted by atomic mass is 9.90. The van der Waals surface area contributed by atoms with Crippen molar-refractivity contribution in [1.82, 2.24) is 0 Å². The molecule has 1 aliphatic rings. The zero-order valence-corrected chi connectivity index (χ0v) is 19.3. The summed E-state index contributed by atoms with van der Waals surface area (Å²) in [6.45, 7) is 6.23. The molecule has 0 aliphatic carbocycles. The Morgan fingerprint density at radius 1 is 1.03 bits per heavy atom. The Hall–Kier alpha value is -2.82. The summed E-state index contributed by atoms with van der Waals surface area (Å²) in [6, 6.07) is 14.3. The number of rotatable bonds is 10. The number of para-hydroxylation sites is 1. The highest BCUT2D eigenvalue weighted by atomic mass is 16.5. The van der Waals surface area contributed by atoms with Crippen molar-refractivity contribution < 1.29 is 23.8 Å². The molecule has 172 valence electrons. The van der Waals surface area contributed by atoms with Crippen LogP contribution in [0.4, 0.5) is 0 Å². The van der Waals surface area contributed by atoms with Crippen molar-refractivity contribution in [1.29, 1.82) is 0 Å². The topological polar surface area (TPSA) is 61.8 Å². The summed E-state index contributed by atoms with van der Waals surface area (Å²) in [7, 11) is 0. The molecule has 1 aliphatic heterocycles. The van der Waals surface area contributed by atoms with E-state index < -0.39 is 11.9 Å². The van der Waals surface area contributed by atoms with E-state index in [0.717, 1.165) is 44.3 Å². The summed E-state index contributed by atoms with van der Waals surface area (Å²) in [5, 5.41) is 0. The Labute approximate surface area is 191 Å².